The fourth-order valence-corrected chi connectivity index (χ4v) is 4.33. The van der Waals surface area contributed by atoms with Crippen LogP contribution in [0.25, 0.3) is 5.69 Å². The summed E-state index contributed by atoms with van der Waals surface area (Å²) >= 11 is 0. The molecule has 0 radical (unpaired) electrons. The maximum Gasteiger partial charge on any atom is 0.293 e. The van der Waals surface area contributed by atoms with E-state index in [4.69, 9.17) is 0 Å². The summed E-state index contributed by atoms with van der Waals surface area (Å²) in [7, 11) is 0. The van der Waals surface area contributed by atoms with Crippen LogP contribution in [0.15, 0.2) is 24.3 Å². The van der Waals surface area contributed by atoms with Gasteiger partial charge in [0, 0.05) is 32.1 Å². The van der Waals surface area contributed by atoms with Gasteiger partial charge in [0.1, 0.15) is 11.6 Å². The minimum absolute atomic E-state index is 0.00128. The van der Waals surface area contributed by atoms with Crippen molar-refractivity contribution in [2.24, 2.45) is 5.92 Å². The van der Waals surface area contributed by atoms with Crippen molar-refractivity contribution in [3.05, 3.63) is 41.7 Å². The molecule has 0 N–H and O–H groups in total. The fourth-order valence-electron chi connectivity index (χ4n) is 4.33. The van der Waals surface area contributed by atoms with E-state index in [9.17, 15) is 14.0 Å². The first-order valence-electron chi connectivity index (χ1n) is 10.8. The normalized spacial score (nSPS) is 18.3. The van der Waals surface area contributed by atoms with Crippen LogP contribution in [0.2, 0.25) is 0 Å². The van der Waals surface area contributed by atoms with Gasteiger partial charge in [0.25, 0.3) is 5.91 Å². The van der Waals surface area contributed by atoms with Gasteiger partial charge in [0.15, 0.2) is 0 Å². The van der Waals surface area contributed by atoms with Crippen LogP contribution < -0.4 is 0 Å². The number of benzene rings is 1. The van der Waals surface area contributed by atoms with Gasteiger partial charge in [-0.1, -0.05) is 12.8 Å². The van der Waals surface area contributed by atoms with E-state index in [0.717, 1.165) is 25.9 Å². The molecule has 0 unspecified atom stereocenters. The molecule has 160 valence electrons. The highest BCUT2D eigenvalue weighted by molar-refractivity contribution is 5.90. The Morgan fingerprint density at radius 1 is 0.933 bits per heavy atom. The van der Waals surface area contributed by atoms with Crippen molar-refractivity contribution >= 4 is 11.8 Å². The van der Waals surface area contributed by atoms with Crippen molar-refractivity contribution in [3.63, 3.8) is 0 Å². The second-order valence-electron chi connectivity index (χ2n) is 8.18. The molecule has 0 spiro atoms. The van der Waals surface area contributed by atoms with Crippen molar-refractivity contribution in [3.8, 4) is 5.69 Å². The number of hydrogen-bond donors (Lipinski definition) is 0. The van der Waals surface area contributed by atoms with Gasteiger partial charge in [-0.15, -0.1) is 5.10 Å². The van der Waals surface area contributed by atoms with Crippen LogP contribution in [0.1, 0.15) is 55.0 Å². The van der Waals surface area contributed by atoms with Crippen LogP contribution in [-0.4, -0.2) is 62.6 Å². The van der Waals surface area contributed by atoms with E-state index in [-0.39, 0.29) is 29.4 Å². The molecule has 0 atom stereocenters. The first-order valence-corrected chi connectivity index (χ1v) is 10.8. The molecular weight excluding hydrogens is 385 g/mol. The predicted octanol–water partition coefficient (Wildman–Crippen LogP) is 2.97. The average molecular weight is 413 g/mol. The Balaban J connectivity index is 1.38. The summed E-state index contributed by atoms with van der Waals surface area (Å²) in [5.74, 6) is 0.396. The molecule has 30 heavy (non-hydrogen) atoms. The zero-order valence-corrected chi connectivity index (χ0v) is 17.4. The summed E-state index contributed by atoms with van der Waals surface area (Å²) in [6.45, 7) is 4.56. The Morgan fingerprint density at radius 2 is 1.57 bits per heavy atom. The maximum atomic E-state index is 13.2. The molecule has 7 nitrogen and oxygen atoms in total. The van der Waals surface area contributed by atoms with Crippen molar-refractivity contribution < 1.29 is 14.0 Å². The lowest BCUT2D eigenvalue weighted by Crippen LogP contribution is -2.45. The van der Waals surface area contributed by atoms with Gasteiger partial charge in [-0.3, -0.25) is 9.59 Å². The summed E-state index contributed by atoms with van der Waals surface area (Å²) in [6.07, 6.45) is 5.94. The standard InChI is InChI=1S/C22H28FN5O2/c1-16-24-20(25-28(16)19-8-6-18(23)7-9-19)22(30)27-14-10-17(11-15-27)21(29)26-12-4-2-3-5-13-26/h6-9,17H,2-5,10-15H2,1H3. The molecule has 2 aliphatic heterocycles. The van der Waals surface area contributed by atoms with E-state index in [0.29, 0.717) is 37.4 Å². The quantitative estimate of drug-likeness (QED) is 0.776. The highest BCUT2D eigenvalue weighted by Gasteiger charge is 2.32. The Morgan fingerprint density at radius 3 is 2.20 bits per heavy atom. The molecule has 2 aromatic rings. The molecule has 0 saturated carbocycles. The number of carbonyl (C=O) groups is 2. The lowest BCUT2D eigenvalue weighted by Gasteiger charge is -2.33. The number of aromatic nitrogens is 3. The lowest BCUT2D eigenvalue weighted by molar-refractivity contribution is -0.136. The van der Waals surface area contributed by atoms with E-state index in [1.165, 1.54) is 25.0 Å². The highest BCUT2D eigenvalue weighted by atomic mass is 19.1. The molecule has 4 rings (SSSR count). The predicted molar refractivity (Wildman–Crippen MR) is 110 cm³/mol. The highest BCUT2D eigenvalue weighted by Crippen LogP contribution is 2.23. The van der Waals surface area contributed by atoms with Crippen LogP contribution in [0.3, 0.4) is 0 Å². The minimum atomic E-state index is -0.328. The monoisotopic (exact) mass is 413 g/mol. The third kappa shape index (κ3) is 4.37. The number of amides is 2. The van der Waals surface area contributed by atoms with Gasteiger partial charge in [-0.25, -0.2) is 14.1 Å². The van der Waals surface area contributed by atoms with Gasteiger partial charge < -0.3 is 9.80 Å². The van der Waals surface area contributed by atoms with Gasteiger partial charge in [-0.2, -0.15) is 0 Å². The number of aryl methyl sites for hydroxylation is 1. The summed E-state index contributed by atoms with van der Waals surface area (Å²) in [5.41, 5.74) is 0.655. The topological polar surface area (TPSA) is 71.3 Å². The number of nitrogens with zero attached hydrogens (tertiary/aromatic N) is 5. The van der Waals surface area contributed by atoms with E-state index in [2.05, 4.69) is 10.1 Å². The molecule has 2 saturated heterocycles. The van der Waals surface area contributed by atoms with Crippen molar-refractivity contribution in [1.29, 1.82) is 0 Å². The zero-order chi connectivity index (χ0) is 21.1. The number of likely N-dealkylation sites (tertiary alicyclic amines) is 2. The largest absolute Gasteiger partial charge is 0.342 e. The molecule has 1 aromatic heterocycles. The zero-order valence-electron chi connectivity index (χ0n) is 17.4. The molecule has 0 aliphatic carbocycles. The van der Waals surface area contributed by atoms with Crippen LogP contribution in [0.4, 0.5) is 4.39 Å². The first-order chi connectivity index (χ1) is 14.5. The molecule has 1 aromatic carbocycles. The van der Waals surface area contributed by atoms with Crippen molar-refractivity contribution in [2.75, 3.05) is 26.2 Å². The number of rotatable bonds is 3. The summed E-state index contributed by atoms with van der Waals surface area (Å²) < 4.78 is 14.7. The van der Waals surface area contributed by atoms with Crippen molar-refractivity contribution in [2.45, 2.75) is 45.4 Å². The number of carbonyl (C=O) groups excluding carboxylic acids is 2. The third-order valence-corrected chi connectivity index (χ3v) is 6.08. The van der Waals surface area contributed by atoms with Crippen LogP contribution in [-0.2, 0) is 4.79 Å². The number of piperidine rings is 1. The Hall–Kier alpha value is -2.77. The first kappa shape index (κ1) is 20.5. The van der Waals surface area contributed by atoms with E-state index >= 15 is 0 Å². The summed E-state index contributed by atoms with van der Waals surface area (Å²) in [5, 5.41) is 4.34. The average Bonchev–Trinajstić information content (AvgIpc) is 2.97. The molecule has 2 aliphatic rings. The molecule has 3 heterocycles. The Labute approximate surface area is 175 Å². The van der Waals surface area contributed by atoms with Crippen molar-refractivity contribution in [1.82, 2.24) is 24.6 Å². The molecular formula is C22H28FN5O2. The van der Waals surface area contributed by atoms with Gasteiger partial charge >= 0.3 is 0 Å². The number of halogens is 1. The third-order valence-electron chi connectivity index (χ3n) is 6.08. The maximum absolute atomic E-state index is 13.2. The number of hydrogen-bond acceptors (Lipinski definition) is 4. The Bertz CT molecular complexity index is 895. The molecule has 2 fully saturated rings. The smallest absolute Gasteiger partial charge is 0.293 e. The minimum Gasteiger partial charge on any atom is -0.342 e. The van der Waals surface area contributed by atoms with Crippen LogP contribution in [0, 0.1) is 18.7 Å². The Kier molecular flexibility index (Phi) is 6.11. The second-order valence-corrected chi connectivity index (χ2v) is 8.18. The molecule has 0 bridgehead atoms. The second kappa shape index (κ2) is 8.93. The van der Waals surface area contributed by atoms with Gasteiger partial charge in [0.05, 0.1) is 5.69 Å². The lowest BCUT2D eigenvalue weighted by atomic mass is 9.95. The van der Waals surface area contributed by atoms with E-state index in [1.807, 2.05) is 4.90 Å². The van der Waals surface area contributed by atoms with E-state index < -0.39 is 0 Å². The SMILES string of the molecule is Cc1nc(C(=O)N2CCC(C(=O)N3CCCCCC3)CC2)nn1-c1ccc(F)cc1. The molecule has 8 heteroatoms. The summed E-state index contributed by atoms with van der Waals surface area (Å²) in [6, 6.07) is 5.91. The van der Waals surface area contributed by atoms with Gasteiger partial charge in [-0.05, 0) is 56.9 Å². The van der Waals surface area contributed by atoms with Crippen LogP contribution >= 0.6 is 0 Å². The molecule has 2 amide bonds. The van der Waals surface area contributed by atoms with Gasteiger partial charge in [0.2, 0.25) is 11.7 Å². The summed E-state index contributed by atoms with van der Waals surface area (Å²) in [4.78, 5) is 33.8. The fraction of sp³-hybridized carbons (Fsp3) is 0.545. The van der Waals surface area contributed by atoms with Crippen LogP contribution in [0.5, 0.6) is 0 Å². The van der Waals surface area contributed by atoms with E-state index in [1.54, 1.807) is 28.6 Å².